The summed E-state index contributed by atoms with van der Waals surface area (Å²) in [5.41, 5.74) is 1.03. The molecule has 0 N–H and O–H groups in total. The van der Waals surface area contributed by atoms with Gasteiger partial charge < -0.3 is 0 Å². The number of aryl methyl sites for hydroxylation is 1. The molecule has 0 aliphatic heterocycles. The van der Waals surface area contributed by atoms with Crippen LogP contribution >= 0.6 is 0 Å². The Balaban J connectivity index is 3.04. The minimum absolute atomic E-state index is 0.0149. The molecule has 2 heteroatoms. The molecule has 0 aliphatic carbocycles. The second-order valence-corrected chi connectivity index (χ2v) is 3.48. The number of carbonyl (C=O) groups excluding carboxylic acids is 1. The Morgan fingerprint density at radius 1 is 1.38 bits per heavy atom. The SMILES string of the molecule is Cc1ccc(C(=O)C(C)C)cc1F. The van der Waals surface area contributed by atoms with Crippen LogP contribution in [0.25, 0.3) is 0 Å². The van der Waals surface area contributed by atoms with Crippen molar-refractivity contribution in [1.82, 2.24) is 0 Å². The van der Waals surface area contributed by atoms with Crippen LogP contribution < -0.4 is 0 Å². The van der Waals surface area contributed by atoms with Gasteiger partial charge in [-0.2, -0.15) is 0 Å². The molecule has 0 fully saturated rings. The third kappa shape index (κ3) is 2.14. The van der Waals surface area contributed by atoms with Gasteiger partial charge in [-0.1, -0.05) is 26.0 Å². The van der Waals surface area contributed by atoms with Crippen molar-refractivity contribution in [3.05, 3.63) is 35.1 Å². The third-order valence-electron chi connectivity index (χ3n) is 1.98. The molecule has 0 unspecified atom stereocenters. The van der Waals surface area contributed by atoms with E-state index in [9.17, 15) is 9.18 Å². The Hall–Kier alpha value is -1.18. The van der Waals surface area contributed by atoms with Gasteiger partial charge in [-0.05, 0) is 18.6 Å². The van der Waals surface area contributed by atoms with E-state index in [-0.39, 0.29) is 17.5 Å². The van der Waals surface area contributed by atoms with E-state index in [1.54, 1.807) is 32.9 Å². The zero-order valence-electron chi connectivity index (χ0n) is 8.10. The molecule has 1 aromatic rings. The zero-order valence-corrected chi connectivity index (χ0v) is 8.10. The number of benzene rings is 1. The third-order valence-corrected chi connectivity index (χ3v) is 1.98. The number of Topliss-reactive ketones (excluding diaryl/α,β-unsaturated/α-hetero) is 1. The molecule has 0 aromatic heterocycles. The average molecular weight is 180 g/mol. The van der Waals surface area contributed by atoms with Crippen molar-refractivity contribution in [2.24, 2.45) is 5.92 Å². The van der Waals surface area contributed by atoms with E-state index in [0.717, 1.165) is 0 Å². The molecule has 1 nitrogen and oxygen atoms in total. The van der Waals surface area contributed by atoms with Gasteiger partial charge in [0.05, 0.1) is 0 Å². The fourth-order valence-corrected chi connectivity index (χ4v) is 1.08. The van der Waals surface area contributed by atoms with E-state index in [0.29, 0.717) is 11.1 Å². The van der Waals surface area contributed by atoms with Crippen LogP contribution in [0.4, 0.5) is 4.39 Å². The highest BCUT2D eigenvalue weighted by molar-refractivity contribution is 5.97. The molecule has 0 radical (unpaired) electrons. The molecule has 13 heavy (non-hydrogen) atoms. The van der Waals surface area contributed by atoms with Gasteiger partial charge in [-0.25, -0.2) is 4.39 Å². The molecule has 0 bridgehead atoms. The van der Waals surface area contributed by atoms with E-state index in [1.165, 1.54) is 6.07 Å². The zero-order chi connectivity index (χ0) is 10.0. The minimum atomic E-state index is -0.313. The smallest absolute Gasteiger partial charge is 0.165 e. The maximum absolute atomic E-state index is 13.1. The van der Waals surface area contributed by atoms with Crippen LogP contribution in [0.15, 0.2) is 18.2 Å². The van der Waals surface area contributed by atoms with Gasteiger partial charge in [0.15, 0.2) is 5.78 Å². The van der Waals surface area contributed by atoms with Gasteiger partial charge in [0.25, 0.3) is 0 Å². The highest BCUT2D eigenvalue weighted by Crippen LogP contribution is 2.12. The molecule has 0 amide bonds. The standard InChI is InChI=1S/C11H13FO/c1-7(2)11(13)9-5-4-8(3)10(12)6-9/h4-7H,1-3H3. The first kappa shape index (κ1) is 9.90. The van der Waals surface area contributed by atoms with Crippen molar-refractivity contribution in [1.29, 1.82) is 0 Å². The molecule has 1 aromatic carbocycles. The second kappa shape index (κ2) is 3.69. The van der Waals surface area contributed by atoms with Crippen molar-refractivity contribution >= 4 is 5.78 Å². The van der Waals surface area contributed by atoms with Crippen molar-refractivity contribution in [2.45, 2.75) is 20.8 Å². The van der Waals surface area contributed by atoms with Gasteiger partial charge in [0, 0.05) is 11.5 Å². The lowest BCUT2D eigenvalue weighted by Crippen LogP contribution is -2.07. The Bertz CT molecular complexity index is 329. The molecule has 0 atom stereocenters. The van der Waals surface area contributed by atoms with Gasteiger partial charge in [0.2, 0.25) is 0 Å². The maximum atomic E-state index is 13.1. The molecule has 1 rings (SSSR count). The lowest BCUT2D eigenvalue weighted by molar-refractivity contribution is 0.0939. The number of rotatable bonds is 2. The first-order valence-corrected chi connectivity index (χ1v) is 4.32. The van der Waals surface area contributed by atoms with Gasteiger partial charge in [-0.15, -0.1) is 0 Å². The van der Waals surface area contributed by atoms with Crippen LogP contribution in [0.3, 0.4) is 0 Å². The minimum Gasteiger partial charge on any atom is -0.294 e. The van der Waals surface area contributed by atoms with Crippen LogP contribution in [-0.4, -0.2) is 5.78 Å². The Kier molecular flexibility index (Phi) is 2.81. The normalized spacial score (nSPS) is 10.5. The Morgan fingerprint density at radius 2 is 2.00 bits per heavy atom. The number of ketones is 1. The van der Waals surface area contributed by atoms with Crippen LogP contribution in [0, 0.1) is 18.7 Å². The first-order valence-electron chi connectivity index (χ1n) is 4.32. The van der Waals surface area contributed by atoms with Crippen molar-refractivity contribution < 1.29 is 9.18 Å². The molecule has 0 saturated heterocycles. The number of hydrogen-bond donors (Lipinski definition) is 0. The summed E-state index contributed by atoms with van der Waals surface area (Å²) in [5.74, 6) is -0.410. The highest BCUT2D eigenvalue weighted by atomic mass is 19.1. The first-order chi connectivity index (χ1) is 6.02. The van der Waals surface area contributed by atoms with Crippen LogP contribution in [0.1, 0.15) is 29.8 Å². The van der Waals surface area contributed by atoms with E-state index in [2.05, 4.69) is 0 Å². The van der Waals surface area contributed by atoms with Crippen molar-refractivity contribution in [2.75, 3.05) is 0 Å². The van der Waals surface area contributed by atoms with Crippen LogP contribution in [0.5, 0.6) is 0 Å². The average Bonchev–Trinajstić information content (AvgIpc) is 2.08. The number of halogens is 1. The van der Waals surface area contributed by atoms with E-state index < -0.39 is 0 Å². The molecule has 0 spiro atoms. The van der Waals surface area contributed by atoms with E-state index in [1.807, 2.05) is 0 Å². The van der Waals surface area contributed by atoms with E-state index in [4.69, 9.17) is 0 Å². The summed E-state index contributed by atoms with van der Waals surface area (Å²) >= 11 is 0. The second-order valence-electron chi connectivity index (χ2n) is 3.48. The molecular formula is C11H13FO. The molecule has 0 heterocycles. The largest absolute Gasteiger partial charge is 0.294 e. The summed E-state index contributed by atoms with van der Waals surface area (Å²) in [4.78, 5) is 11.4. The number of hydrogen-bond acceptors (Lipinski definition) is 1. The quantitative estimate of drug-likeness (QED) is 0.639. The van der Waals surface area contributed by atoms with Crippen LogP contribution in [0.2, 0.25) is 0 Å². The predicted octanol–water partition coefficient (Wildman–Crippen LogP) is 2.97. The van der Waals surface area contributed by atoms with E-state index >= 15 is 0 Å². The lowest BCUT2D eigenvalue weighted by Gasteiger charge is -2.04. The van der Waals surface area contributed by atoms with Crippen LogP contribution in [-0.2, 0) is 0 Å². The van der Waals surface area contributed by atoms with Crippen molar-refractivity contribution in [3.8, 4) is 0 Å². The topological polar surface area (TPSA) is 17.1 Å². The summed E-state index contributed by atoms with van der Waals surface area (Å²) in [7, 11) is 0. The van der Waals surface area contributed by atoms with Gasteiger partial charge in [-0.3, -0.25) is 4.79 Å². The summed E-state index contributed by atoms with van der Waals surface area (Å²) in [6.07, 6.45) is 0. The summed E-state index contributed by atoms with van der Waals surface area (Å²) in [6.45, 7) is 5.29. The molecular weight excluding hydrogens is 167 g/mol. The highest BCUT2D eigenvalue weighted by Gasteiger charge is 2.11. The lowest BCUT2D eigenvalue weighted by atomic mass is 10.00. The molecule has 0 aliphatic rings. The Morgan fingerprint density at radius 3 is 2.46 bits per heavy atom. The number of carbonyl (C=O) groups is 1. The summed E-state index contributed by atoms with van der Waals surface area (Å²) < 4.78 is 13.1. The monoisotopic (exact) mass is 180 g/mol. The summed E-state index contributed by atoms with van der Waals surface area (Å²) in [5, 5.41) is 0. The van der Waals surface area contributed by atoms with Gasteiger partial charge in [0.1, 0.15) is 5.82 Å². The predicted molar refractivity (Wildman–Crippen MR) is 50.3 cm³/mol. The van der Waals surface area contributed by atoms with Gasteiger partial charge >= 0.3 is 0 Å². The Labute approximate surface area is 77.6 Å². The summed E-state index contributed by atoms with van der Waals surface area (Å²) in [6, 6.07) is 4.60. The maximum Gasteiger partial charge on any atom is 0.165 e. The molecule has 70 valence electrons. The van der Waals surface area contributed by atoms with Crippen molar-refractivity contribution in [3.63, 3.8) is 0 Å². The molecule has 0 saturated carbocycles. The fourth-order valence-electron chi connectivity index (χ4n) is 1.08. The fraction of sp³-hybridized carbons (Fsp3) is 0.364.